The number of methoxy groups -OCH3 is 1. The van der Waals surface area contributed by atoms with Gasteiger partial charge in [0.15, 0.2) is 0 Å². The van der Waals surface area contributed by atoms with Crippen molar-refractivity contribution in [3.05, 3.63) is 65.7 Å². The second-order valence-corrected chi connectivity index (χ2v) is 6.76. The number of hydrogen-bond donors (Lipinski definition) is 1. The van der Waals surface area contributed by atoms with E-state index in [0.717, 1.165) is 16.5 Å². The minimum Gasteiger partial charge on any atom is -0.495 e. The lowest BCUT2D eigenvalue weighted by Gasteiger charge is -2.17. The summed E-state index contributed by atoms with van der Waals surface area (Å²) in [6, 6.07) is 18.1. The third-order valence-corrected chi connectivity index (χ3v) is 4.93. The molecule has 0 unspecified atom stereocenters. The molecule has 27 heavy (non-hydrogen) atoms. The number of carbonyl (C=O) groups is 2. The number of anilines is 2. The summed E-state index contributed by atoms with van der Waals surface area (Å²) >= 11 is 6.14. The number of rotatable bonds is 4. The first-order valence-corrected chi connectivity index (χ1v) is 8.90. The minimum absolute atomic E-state index is 0.0926. The van der Waals surface area contributed by atoms with Crippen LogP contribution in [0.25, 0.3) is 10.8 Å². The van der Waals surface area contributed by atoms with Crippen molar-refractivity contribution in [1.82, 2.24) is 0 Å². The van der Waals surface area contributed by atoms with E-state index in [4.69, 9.17) is 16.3 Å². The molecule has 0 radical (unpaired) electrons. The van der Waals surface area contributed by atoms with Gasteiger partial charge in [0.05, 0.1) is 24.2 Å². The van der Waals surface area contributed by atoms with Crippen LogP contribution in [0, 0.1) is 0 Å². The number of halogens is 1. The monoisotopic (exact) mass is 380 g/mol. The summed E-state index contributed by atoms with van der Waals surface area (Å²) in [5.74, 6) is -0.0701. The van der Waals surface area contributed by atoms with E-state index in [0.29, 0.717) is 16.5 Å². The third kappa shape index (κ3) is 3.22. The van der Waals surface area contributed by atoms with Gasteiger partial charge in [-0.2, -0.15) is 0 Å². The molecule has 1 saturated heterocycles. The number of nitrogens with one attached hydrogen (secondary N) is 1. The molecule has 1 atom stereocenters. The van der Waals surface area contributed by atoms with Crippen LogP contribution in [0.1, 0.15) is 6.42 Å². The molecule has 0 spiro atoms. The van der Waals surface area contributed by atoms with Crippen molar-refractivity contribution in [1.29, 1.82) is 0 Å². The second-order valence-electron chi connectivity index (χ2n) is 6.35. The molecule has 6 heteroatoms. The molecule has 0 aromatic heterocycles. The first kappa shape index (κ1) is 17.4. The van der Waals surface area contributed by atoms with Crippen molar-refractivity contribution < 1.29 is 14.3 Å². The largest absolute Gasteiger partial charge is 0.495 e. The van der Waals surface area contributed by atoms with Crippen molar-refractivity contribution in [2.45, 2.75) is 12.5 Å². The van der Waals surface area contributed by atoms with Crippen molar-refractivity contribution in [2.24, 2.45) is 0 Å². The van der Waals surface area contributed by atoms with E-state index in [1.54, 1.807) is 18.2 Å². The van der Waals surface area contributed by atoms with E-state index in [-0.39, 0.29) is 18.2 Å². The van der Waals surface area contributed by atoms with Crippen LogP contribution in [0.5, 0.6) is 5.75 Å². The van der Waals surface area contributed by atoms with Crippen LogP contribution < -0.4 is 15.0 Å². The van der Waals surface area contributed by atoms with Crippen LogP contribution in [0.2, 0.25) is 5.02 Å². The zero-order valence-corrected chi connectivity index (χ0v) is 15.4. The lowest BCUT2D eigenvalue weighted by Crippen LogP contribution is -2.34. The highest BCUT2D eigenvalue weighted by atomic mass is 35.5. The van der Waals surface area contributed by atoms with Crippen molar-refractivity contribution in [3.63, 3.8) is 0 Å². The maximum absolute atomic E-state index is 12.8. The van der Waals surface area contributed by atoms with Gasteiger partial charge >= 0.3 is 0 Å². The average Bonchev–Trinajstić information content (AvgIpc) is 2.95. The number of carbonyl (C=O) groups excluding carboxylic acids is 2. The quantitative estimate of drug-likeness (QED) is 0.687. The highest BCUT2D eigenvalue weighted by Gasteiger charge is 2.39. The molecule has 1 N–H and O–H groups in total. The number of fused-ring (bicyclic) bond motifs is 1. The molecule has 0 saturated carbocycles. The maximum Gasteiger partial charge on any atom is 0.256 e. The Kier molecular flexibility index (Phi) is 4.46. The first-order chi connectivity index (χ1) is 13.1. The number of hydrogen-bond acceptors (Lipinski definition) is 4. The Balaban J connectivity index is 1.57. The van der Waals surface area contributed by atoms with Gasteiger partial charge in [0.25, 0.3) is 5.91 Å². The molecule has 3 aromatic carbocycles. The molecule has 2 amide bonds. The fraction of sp³-hybridized carbons (Fsp3) is 0.143. The Bertz CT molecular complexity index is 1050. The van der Waals surface area contributed by atoms with Gasteiger partial charge < -0.3 is 10.1 Å². The van der Waals surface area contributed by atoms with Gasteiger partial charge in [-0.3, -0.25) is 9.59 Å². The van der Waals surface area contributed by atoms with Crippen molar-refractivity contribution >= 4 is 45.6 Å². The predicted octanol–water partition coefficient (Wildman–Crippen LogP) is 4.25. The number of ether oxygens (including phenoxy) is 1. The molecule has 1 fully saturated rings. The van der Waals surface area contributed by atoms with Gasteiger partial charge in [-0.25, -0.2) is 4.90 Å². The lowest BCUT2D eigenvalue weighted by molar-refractivity contribution is -0.121. The molecule has 1 aliphatic heterocycles. The summed E-state index contributed by atoms with van der Waals surface area (Å²) in [4.78, 5) is 26.4. The normalized spacial score (nSPS) is 16.8. The first-order valence-electron chi connectivity index (χ1n) is 8.52. The number of amides is 2. The fourth-order valence-electron chi connectivity index (χ4n) is 3.29. The average molecular weight is 381 g/mol. The Morgan fingerprint density at radius 3 is 2.56 bits per heavy atom. The predicted molar refractivity (Wildman–Crippen MR) is 106 cm³/mol. The molecule has 5 nitrogen and oxygen atoms in total. The van der Waals surface area contributed by atoms with Gasteiger partial charge in [-0.05, 0) is 41.1 Å². The van der Waals surface area contributed by atoms with E-state index in [9.17, 15) is 9.59 Å². The summed E-state index contributed by atoms with van der Waals surface area (Å²) in [5, 5.41) is 5.71. The van der Waals surface area contributed by atoms with Gasteiger partial charge in [-0.15, -0.1) is 0 Å². The molecule has 4 rings (SSSR count). The molecular weight excluding hydrogens is 364 g/mol. The van der Waals surface area contributed by atoms with E-state index >= 15 is 0 Å². The molecule has 0 aliphatic carbocycles. The van der Waals surface area contributed by atoms with Gasteiger partial charge in [0.1, 0.15) is 11.8 Å². The molecule has 0 bridgehead atoms. The molecule has 1 aliphatic rings. The Morgan fingerprint density at radius 1 is 1.04 bits per heavy atom. The maximum atomic E-state index is 12.8. The smallest absolute Gasteiger partial charge is 0.256 e. The van der Waals surface area contributed by atoms with Crippen LogP contribution >= 0.6 is 11.6 Å². The summed E-state index contributed by atoms with van der Waals surface area (Å²) in [5.41, 5.74) is 1.24. The van der Waals surface area contributed by atoms with Crippen LogP contribution in [0.15, 0.2) is 60.7 Å². The zero-order chi connectivity index (χ0) is 19.0. The Labute approximate surface area is 161 Å². The van der Waals surface area contributed by atoms with E-state index < -0.39 is 6.04 Å². The molecule has 3 aromatic rings. The third-order valence-electron chi connectivity index (χ3n) is 4.63. The van der Waals surface area contributed by atoms with Crippen molar-refractivity contribution in [3.8, 4) is 5.75 Å². The summed E-state index contributed by atoms with van der Waals surface area (Å²) in [6.45, 7) is 0. The topological polar surface area (TPSA) is 58.6 Å². The fourth-order valence-corrected chi connectivity index (χ4v) is 3.54. The number of imide groups is 1. The molecular formula is C21H17ClN2O3. The van der Waals surface area contributed by atoms with Crippen LogP contribution in [0.4, 0.5) is 11.4 Å². The van der Waals surface area contributed by atoms with Crippen LogP contribution in [0.3, 0.4) is 0 Å². The highest BCUT2D eigenvalue weighted by Crippen LogP contribution is 2.32. The lowest BCUT2D eigenvalue weighted by atomic mass is 10.1. The van der Waals surface area contributed by atoms with Crippen LogP contribution in [-0.4, -0.2) is 25.0 Å². The van der Waals surface area contributed by atoms with E-state index in [1.165, 1.54) is 12.0 Å². The minimum atomic E-state index is -0.612. The van der Waals surface area contributed by atoms with Gasteiger partial charge in [-0.1, -0.05) is 41.9 Å². The van der Waals surface area contributed by atoms with E-state index in [1.807, 2.05) is 42.5 Å². The zero-order valence-electron chi connectivity index (χ0n) is 14.6. The van der Waals surface area contributed by atoms with Crippen LogP contribution in [-0.2, 0) is 9.59 Å². The summed E-state index contributed by atoms with van der Waals surface area (Å²) in [7, 11) is 1.51. The Hall–Kier alpha value is -3.05. The number of nitrogens with zero attached hydrogens (tertiary/aromatic N) is 1. The summed E-state index contributed by atoms with van der Waals surface area (Å²) in [6.07, 6.45) is 0.0926. The standard InChI is InChI=1S/C21H17ClN2O3/c1-27-19-9-8-16(11-17(19)22)24-20(25)12-18(21(24)26)23-15-7-6-13-4-2-3-5-14(13)10-15/h2-11,18,23H,12H2,1H3/t18-/m0/s1. The number of benzene rings is 3. The summed E-state index contributed by atoms with van der Waals surface area (Å²) < 4.78 is 5.12. The Morgan fingerprint density at radius 2 is 1.81 bits per heavy atom. The van der Waals surface area contributed by atoms with Crippen molar-refractivity contribution in [2.75, 3.05) is 17.3 Å². The van der Waals surface area contributed by atoms with Gasteiger partial charge in [0.2, 0.25) is 5.91 Å². The highest BCUT2D eigenvalue weighted by molar-refractivity contribution is 6.33. The van der Waals surface area contributed by atoms with Gasteiger partial charge in [0, 0.05) is 5.69 Å². The van der Waals surface area contributed by atoms with E-state index in [2.05, 4.69) is 5.32 Å². The molecule has 1 heterocycles. The SMILES string of the molecule is COc1ccc(N2C(=O)C[C@H](Nc3ccc4ccccc4c3)C2=O)cc1Cl. The second kappa shape index (κ2) is 6.93. The molecule has 136 valence electrons.